The van der Waals surface area contributed by atoms with Gasteiger partial charge in [0.15, 0.2) is 5.78 Å². The number of ether oxygens (including phenoxy) is 1. The Kier molecular flexibility index (Phi) is 4.77. The third-order valence-corrected chi connectivity index (χ3v) is 3.97. The summed E-state index contributed by atoms with van der Waals surface area (Å²) in [5, 5.41) is 10.7. The number of carbonyl (C=O) groups excluding carboxylic acids is 1. The molecule has 0 bridgehead atoms. The Bertz CT molecular complexity index is 776. The van der Waals surface area contributed by atoms with Crippen molar-refractivity contribution in [2.75, 3.05) is 7.11 Å². The van der Waals surface area contributed by atoms with Crippen LogP contribution in [0.3, 0.4) is 0 Å². The van der Waals surface area contributed by atoms with Gasteiger partial charge in [-0.25, -0.2) is 0 Å². The van der Waals surface area contributed by atoms with Crippen molar-refractivity contribution in [3.05, 3.63) is 89.9 Å². The second kappa shape index (κ2) is 7.15. The van der Waals surface area contributed by atoms with Gasteiger partial charge in [0, 0.05) is 5.56 Å². The first-order chi connectivity index (χ1) is 11.7. The Labute approximate surface area is 140 Å². The van der Waals surface area contributed by atoms with Crippen LogP contribution in [0.5, 0.6) is 5.75 Å². The van der Waals surface area contributed by atoms with Gasteiger partial charge in [0.1, 0.15) is 17.6 Å². The lowest BCUT2D eigenvalue weighted by Gasteiger charge is -2.21. The van der Waals surface area contributed by atoms with E-state index in [9.17, 15) is 9.90 Å². The van der Waals surface area contributed by atoms with Crippen molar-refractivity contribution in [2.45, 2.75) is 12.0 Å². The minimum absolute atomic E-state index is 0.340. The molecule has 3 rings (SSSR count). The monoisotopic (exact) mass is 322 g/mol. The molecule has 0 fully saturated rings. The molecular weight excluding hydrogens is 304 g/mol. The van der Waals surface area contributed by atoms with Crippen molar-refractivity contribution >= 4 is 5.78 Å². The van der Waals surface area contributed by atoms with Crippen LogP contribution in [0, 0.1) is 0 Å². The molecule has 2 atom stereocenters. The fourth-order valence-corrected chi connectivity index (χ4v) is 2.71. The zero-order chi connectivity index (χ0) is 16.9. The van der Waals surface area contributed by atoms with Crippen LogP contribution in [0.25, 0.3) is 0 Å². The number of methoxy groups -OCH3 is 1. The second-order valence-electron chi connectivity index (χ2n) is 5.44. The molecule has 0 aliphatic rings. The minimum atomic E-state index is -1.24. The summed E-state index contributed by atoms with van der Waals surface area (Å²) in [6.07, 6.45) is 0.290. The van der Waals surface area contributed by atoms with Gasteiger partial charge in [-0.2, -0.15) is 0 Å². The van der Waals surface area contributed by atoms with Gasteiger partial charge in [-0.15, -0.1) is 0 Å². The van der Waals surface area contributed by atoms with E-state index in [1.807, 2.05) is 18.2 Å². The molecule has 2 aromatic carbocycles. The molecule has 0 saturated carbocycles. The average molecular weight is 322 g/mol. The number of rotatable bonds is 6. The van der Waals surface area contributed by atoms with E-state index in [4.69, 9.17) is 9.15 Å². The number of carbonyl (C=O) groups is 1. The van der Waals surface area contributed by atoms with Crippen molar-refractivity contribution < 1.29 is 19.1 Å². The van der Waals surface area contributed by atoms with Crippen molar-refractivity contribution in [1.29, 1.82) is 0 Å². The third-order valence-electron chi connectivity index (χ3n) is 3.97. The predicted molar refractivity (Wildman–Crippen MR) is 90.3 cm³/mol. The van der Waals surface area contributed by atoms with Crippen LogP contribution < -0.4 is 4.74 Å². The van der Waals surface area contributed by atoms with Crippen LogP contribution in [-0.2, 0) is 0 Å². The molecular formula is C20H18O4. The van der Waals surface area contributed by atoms with E-state index in [-0.39, 0.29) is 5.78 Å². The maximum atomic E-state index is 12.7. The van der Waals surface area contributed by atoms with Gasteiger partial charge >= 0.3 is 0 Å². The van der Waals surface area contributed by atoms with Gasteiger partial charge in [0.2, 0.25) is 0 Å². The van der Waals surface area contributed by atoms with Gasteiger partial charge in [-0.1, -0.05) is 42.5 Å². The predicted octanol–water partition coefficient (Wildman–Crippen LogP) is 3.66. The molecule has 1 aromatic heterocycles. The molecule has 1 N–H and O–H groups in total. The molecule has 3 aromatic rings. The van der Waals surface area contributed by atoms with Crippen LogP contribution in [0.15, 0.2) is 77.4 Å². The quantitative estimate of drug-likeness (QED) is 0.704. The Morgan fingerprint density at radius 2 is 1.71 bits per heavy atom. The summed E-state index contributed by atoms with van der Waals surface area (Å²) in [5.41, 5.74) is 1.25. The summed E-state index contributed by atoms with van der Waals surface area (Å²) in [5.74, 6) is 0.323. The lowest BCUT2D eigenvalue weighted by molar-refractivity contribution is 0.0700. The van der Waals surface area contributed by atoms with Crippen molar-refractivity contribution in [3.8, 4) is 5.75 Å². The van der Waals surface area contributed by atoms with E-state index in [1.54, 1.807) is 55.6 Å². The molecule has 0 spiro atoms. The van der Waals surface area contributed by atoms with Crippen LogP contribution in [-0.4, -0.2) is 24.1 Å². The van der Waals surface area contributed by atoms with Crippen LogP contribution in [0.2, 0.25) is 0 Å². The Morgan fingerprint density at radius 1 is 1.00 bits per heavy atom. The zero-order valence-electron chi connectivity index (χ0n) is 13.3. The van der Waals surface area contributed by atoms with E-state index in [1.165, 1.54) is 6.26 Å². The molecule has 4 nitrogen and oxygen atoms in total. The number of hydrogen-bond donors (Lipinski definition) is 1. The van der Waals surface area contributed by atoms with Crippen LogP contribution in [0.4, 0.5) is 0 Å². The highest BCUT2D eigenvalue weighted by Gasteiger charge is 2.31. The fraction of sp³-hybridized carbons (Fsp3) is 0.150. The lowest BCUT2D eigenvalue weighted by atomic mass is 9.87. The number of benzene rings is 2. The van der Waals surface area contributed by atoms with E-state index in [0.29, 0.717) is 17.1 Å². The number of Topliss-reactive ketones (excluding diaryl/α,β-unsaturated/α-hetero) is 1. The number of aliphatic hydroxyl groups is 1. The zero-order valence-corrected chi connectivity index (χ0v) is 13.3. The SMILES string of the molecule is COc1ccc([C@H](c2ccco2)[C@H](O)C(=O)c2ccccc2)cc1. The Morgan fingerprint density at radius 3 is 2.29 bits per heavy atom. The molecule has 122 valence electrons. The van der Waals surface area contributed by atoms with E-state index >= 15 is 0 Å². The molecule has 0 saturated heterocycles. The van der Waals surface area contributed by atoms with Gasteiger partial charge in [0.25, 0.3) is 0 Å². The lowest BCUT2D eigenvalue weighted by Crippen LogP contribution is -2.28. The third kappa shape index (κ3) is 3.24. The average Bonchev–Trinajstić information content (AvgIpc) is 3.16. The largest absolute Gasteiger partial charge is 0.497 e. The highest BCUT2D eigenvalue weighted by atomic mass is 16.5. The molecule has 24 heavy (non-hydrogen) atoms. The van der Waals surface area contributed by atoms with Gasteiger partial charge < -0.3 is 14.3 Å². The molecule has 0 aliphatic carbocycles. The summed E-state index contributed by atoms with van der Waals surface area (Å²) in [6.45, 7) is 0. The molecule has 1 heterocycles. The fourth-order valence-electron chi connectivity index (χ4n) is 2.71. The number of furan rings is 1. The first-order valence-corrected chi connectivity index (χ1v) is 7.65. The van der Waals surface area contributed by atoms with E-state index in [0.717, 1.165) is 5.56 Å². The standard InChI is InChI=1S/C20H18O4/c1-23-16-11-9-14(10-12-16)18(17-8-5-13-24-17)20(22)19(21)15-6-3-2-4-7-15/h2-13,18,20,22H,1H3/t18-,20+/m1/s1. The first-order valence-electron chi connectivity index (χ1n) is 7.65. The van der Waals surface area contributed by atoms with Crippen molar-refractivity contribution in [2.24, 2.45) is 0 Å². The molecule has 4 heteroatoms. The summed E-state index contributed by atoms with van der Waals surface area (Å²) in [6, 6.07) is 19.5. The Hall–Kier alpha value is -2.85. The smallest absolute Gasteiger partial charge is 0.192 e. The van der Waals surface area contributed by atoms with Crippen molar-refractivity contribution in [3.63, 3.8) is 0 Å². The molecule has 0 unspecified atom stereocenters. The molecule has 0 amide bonds. The number of hydrogen-bond acceptors (Lipinski definition) is 4. The number of ketones is 1. The van der Waals surface area contributed by atoms with Gasteiger partial charge in [0.05, 0.1) is 19.3 Å². The first kappa shape index (κ1) is 16.0. The highest BCUT2D eigenvalue weighted by Crippen LogP contribution is 2.31. The summed E-state index contributed by atoms with van der Waals surface area (Å²) in [4.78, 5) is 12.7. The van der Waals surface area contributed by atoms with Crippen LogP contribution >= 0.6 is 0 Å². The topological polar surface area (TPSA) is 59.7 Å². The summed E-state index contributed by atoms with van der Waals surface area (Å²) in [7, 11) is 1.59. The second-order valence-corrected chi connectivity index (χ2v) is 5.44. The maximum Gasteiger partial charge on any atom is 0.192 e. The number of aliphatic hydroxyl groups excluding tert-OH is 1. The highest BCUT2D eigenvalue weighted by molar-refractivity contribution is 6.00. The Balaban J connectivity index is 1.97. The van der Waals surface area contributed by atoms with E-state index in [2.05, 4.69) is 0 Å². The maximum absolute atomic E-state index is 12.7. The normalized spacial score (nSPS) is 13.2. The van der Waals surface area contributed by atoms with Crippen molar-refractivity contribution in [1.82, 2.24) is 0 Å². The van der Waals surface area contributed by atoms with Gasteiger partial charge in [-0.3, -0.25) is 4.79 Å². The molecule has 0 aliphatic heterocycles. The molecule has 0 radical (unpaired) electrons. The minimum Gasteiger partial charge on any atom is -0.497 e. The van der Waals surface area contributed by atoms with Crippen LogP contribution in [0.1, 0.15) is 27.6 Å². The summed E-state index contributed by atoms with van der Waals surface area (Å²) >= 11 is 0. The van der Waals surface area contributed by atoms with Gasteiger partial charge in [-0.05, 0) is 29.8 Å². The van der Waals surface area contributed by atoms with E-state index < -0.39 is 12.0 Å². The summed E-state index contributed by atoms with van der Waals surface area (Å²) < 4.78 is 10.6.